The Balaban J connectivity index is 2.17. The van der Waals surface area contributed by atoms with E-state index in [0.717, 1.165) is 83.5 Å². The first-order chi connectivity index (χ1) is 13.6. The molecule has 1 N–H and O–H groups in total. The summed E-state index contributed by atoms with van der Waals surface area (Å²) in [5.74, 6) is 7.10. The second-order valence-electron chi connectivity index (χ2n) is 8.04. The molecule has 1 aliphatic carbocycles. The number of carbonyl (C=O) groups excluding carboxylic acids is 2. The zero-order chi connectivity index (χ0) is 20.6. The van der Waals surface area contributed by atoms with Crippen LogP contribution in [-0.2, 0) is 14.3 Å². The van der Waals surface area contributed by atoms with E-state index in [4.69, 9.17) is 4.74 Å². The molecule has 160 valence electrons. The monoisotopic (exact) mass is 392 g/mol. The van der Waals surface area contributed by atoms with Crippen molar-refractivity contribution in [1.29, 1.82) is 0 Å². The molecular weight excluding hydrogens is 352 g/mol. The van der Waals surface area contributed by atoms with Crippen molar-refractivity contribution in [2.75, 3.05) is 6.61 Å². The van der Waals surface area contributed by atoms with E-state index in [-0.39, 0.29) is 5.92 Å². The van der Waals surface area contributed by atoms with Crippen molar-refractivity contribution in [3.05, 3.63) is 0 Å². The van der Waals surface area contributed by atoms with Gasteiger partial charge in [-0.15, -0.1) is 11.8 Å². The lowest BCUT2D eigenvalue weighted by Crippen LogP contribution is -2.23. The molecule has 0 spiro atoms. The molecule has 1 rings (SSSR count). The molecule has 0 aromatic rings. The van der Waals surface area contributed by atoms with Crippen LogP contribution in [0.5, 0.6) is 0 Å². The van der Waals surface area contributed by atoms with Gasteiger partial charge in [-0.2, -0.15) is 0 Å². The molecule has 0 aromatic carbocycles. The maximum atomic E-state index is 12.2. The first-order valence-electron chi connectivity index (χ1n) is 11.4. The summed E-state index contributed by atoms with van der Waals surface area (Å²) in [5.41, 5.74) is 0. The third-order valence-electron chi connectivity index (χ3n) is 5.63. The van der Waals surface area contributed by atoms with Gasteiger partial charge in [0.15, 0.2) is 6.10 Å². The summed E-state index contributed by atoms with van der Waals surface area (Å²) in [7, 11) is 0. The van der Waals surface area contributed by atoms with Crippen molar-refractivity contribution in [3.63, 3.8) is 0 Å². The van der Waals surface area contributed by atoms with Gasteiger partial charge in [-0.3, -0.25) is 4.79 Å². The summed E-state index contributed by atoms with van der Waals surface area (Å²) >= 11 is 0. The quantitative estimate of drug-likeness (QED) is 0.250. The van der Waals surface area contributed by atoms with Crippen LogP contribution in [0.2, 0.25) is 0 Å². The van der Waals surface area contributed by atoms with E-state index in [9.17, 15) is 14.7 Å². The molecule has 0 saturated heterocycles. The Morgan fingerprint density at radius 1 is 1.07 bits per heavy atom. The molecule has 0 aliphatic heterocycles. The summed E-state index contributed by atoms with van der Waals surface area (Å²) in [4.78, 5) is 23.8. The van der Waals surface area contributed by atoms with Gasteiger partial charge >= 0.3 is 5.97 Å². The van der Waals surface area contributed by atoms with Crippen molar-refractivity contribution >= 4 is 11.8 Å². The van der Waals surface area contributed by atoms with Crippen LogP contribution < -0.4 is 0 Å². The minimum atomic E-state index is -1.01. The van der Waals surface area contributed by atoms with E-state index in [1.807, 2.05) is 6.92 Å². The smallest absolute Gasteiger partial charge is 0.334 e. The summed E-state index contributed by atoms with van der Waals surface area (Å²) in [5, 5.41) is 9.85. The van der Waals surface area contributed by atoms with E-state index >= 15 is 0 Å². The van der Waals surface area contributed by atoms with Gasteiger partial charge in [-0.25, -0.2) is 4.79 Å². The highest BCUT2D eigenvalue weighted by atomic mass is 16.5. The maximum Gasteiger partial charge on any atom is 0.334 e. The normalized spacial score (nSPS) is 19.9. The third-order valence-corrected chi connectivity index (χ3v) is 5.63. The Kier molecular flexibility index (Phi) is 13.7. The fourth-order valence-corrected chi connectivity index (χ4v) is 3.88. The fraction of sp³-hybridized carbons (Fsp3) is 0.833. The van der Waals surface area contributed by atoms with Gasteiger partial charge in [0.2, 0.25) is 0 Å². The van der Waals surface area contributed by atoms with E-state index in [0.29, 0.717) is 24.7 Å². The fourth-order valence-electron chi connectivity index (χ4n) is 3.88. The Bertz CT molecular complexity index is 502. The van der Waals surface area contributed by atoms with Crippen molar-refractivity contribution in [2.45, 2.75) is 110 Å². The SMILES string of the molecule is CCCC#CCCC[C@H]1CCC(=O)[C@@H]1CCCCCC(O)C(=O)OCCCC. The van der Waals surface area contributed by atoms with E-state index in [1.54, 1.807) is 0 Å². The van der Waals surface area contributed by atoms with Crippen molar-refractivity contribution < 1.29 is 19.4 Å². The molecule has 28 heavy (non-hydrogen) atoms. The number of carbonyl (C=O) groups is 2. The van der Waals surface area contributed by atoms with Crippen molar-refractivity contribution in [2.24, 2.45) is 11.8 Å². The first-order valence-corrected chi connectivity index (χ1v) is 11.4. The van der Waals surface area contributed by atoms with Crippen molar-refractivity contribution in [1.82, 2.24) is 0 Å². The van der Waals surface area contributed by atoms with Gasteiger partial charge in [0.05, 0.1) is 6.61 Å². The Labute approximate surface area is 171 Å². The molecule has 0 amide bonds. The number of hydrogen-bond acceptors (Lipinski definition) is 4. The average molecular weight is 393 g/mol. The molecule has 1 fully saturated rings. The summed E-state index contributed by atoms with van der Waals surface area (Å²) < 4.78 is 5.04. The predicted octanol–water partition coefficient (Wildman–Crippen LogP) is 5.21. The number of unbranched alkanes of at least 4 members (excludes halogenated alkanes) is 5. The molecule has 3 atom stereocenters. The number of aliphatic hydroxyl groups excluding tert-OH is 1. The van der Waals surface area contributed by atoms with E-state index < -0.39 is 12.1 Å². The molecule has 4 heteroatoms. The maximum absolute atomic E-state index is 12.2. The highest BCUT2D eigenvalue weighted by Gasteiger charge is 2.33. The van der Waals surface area contributed by atoms with Crippen LogP contribution in [0.25, 0.3) is 0 Å². The molecule has 0 radical (unpaired) electrons. The van der Waals surface area contributed by atoms with Gasteiger partial charge in [0, 0.05) is 25.2 Å². The Hall–Kier alpha value is -1.34. The lowest BCUT2D eigenvalue weighted by atomic mass is 9.86. The minimum absolute atomic E-state index is 0.215. The molecular formula is C24H40O4. The molecule has 0 bridgehead atoms. The van der Waals surface area contributed by atoms with E-state index in [2.05, 4.69) is 18.8 Å². The second kappa shape index (κ2) is 15.6. The lowest BCUT2D eigenvalue weighted by molar-refractivity contribution is -0.154. The Morgan fingerprint density at radius 2 is 1.86 bits per heavy atom. The first kappa shape index (κ1) is 24.7. The number of aliphatic hydroxyl groups is 1. The summed E-state index contributed by atoms with van der Waals surface area (Å²) in [6, 6.07) is 0. The molecule has 0 aromatic heterocycles. The molecule has 0 heterocycles. The topological polar surface area (TPSA) is 63.6 Å². The summed E-state index contributed by atoms with van der Waals surface area (Å²) in [6.45, 7) is 4.57. The van der Waals surface area contributed by atoms with Crippen LogP contribution in [-0.4, -0.2) is 29.6 Å². The van der Waals surface area contributed by atoms with Gasteiger partial charge in [-0.1, -0.05) is 39.5 Å². The van der Waals surface area contributed by atoms with Crippen LogP contribution in [0.1, 0.15) is 104 Å². The Morgan fingerprint density at radius 3 is 2.61 bits per heavy atom. The molecule has 1 unspecified atom stereocenters. The van der Waals surface area contributed by atoms with Gasteiger partial charge in [0.1, 0.15) is 5.78 Å². The van der Waals surface area contributed by atoms with Crippen LogP contribution in [0.4, 0.5) is 0 Å². The van der Waals surface area contributed by atoms with Gasteiger partial charge < -0.3 is 9.84 Å². The largest absolute Gasteiger partial charge is 0.464 e. The summed E-state index contributed by atoms with van der Waals surface area (Å²) in [6.07, 6.45) is 11.9. The standard InChI is InChI=1S/C24H40O4/c1-3-5-7-8-9-11-14-20-17-18-22(25)21(20)15-12-10-13-16-23(26)24(27)28-19-6-4-2/h20-21,23,26H,3-6,9-19H2,1-2H3/t20-,21+,23?/m0/s1. The number of esters is 1. The number of hydrogen-bond donors (Lipinski definition) is 1. The van der Waals surface area contributed by atoms with Crippen LogP contribution in [0.3, 0.4) is 0 Å². The van der Waals surface area contributed by atoms with Crippen LogP contribution >= 0.6 is 0 Å². The van der Waals surface area contributed by atoms with Gasteiger partial charge in [-0.05, 0) is 50.9 Å². The zero-order valence-electron chi connectivity index (χ0n) is 18.0. The average Bonchev–Trinajstić information content (AvgIpc) is 3.04. The number of ether oxygens (including phenoxy) is 1. The third kappa shape index (κ3) is 10.3. The van der Waals surface area contributed by atoms with Crippen molar-refractivity contribution in [3.8, 4) is 11.8 Å². The number of rotatable bonds is 14. The van der Waals surface area contributed by atoms with Gasteiger partial charge in [0.25, 0.3) is 0 Å². The zero-order valence-corrected chi connectivity index (χ0v) is 18.0. The lowest BCUT2D eigenvalue weighted by Gasteiger charge is -2.18. The minimum Gasteiger partial charge on any atom is -0.464 e. The number of Topliss-reactive ketones (excluding diaryl/α,β-unsaturated/α-hetero) is 1. The predicted molar refractivity (Wildman–Crippen MR) is 113 cm³/mol. The van der Waals surface area contributed by atoms with E-state index in [1.165, 1.54) is 0 Å². The molecule has 4 nitrogen and oxygen atoms in total. The highest BCUT2D eigenvalue weighted by Crippen LogP contribution is 2.36. The second-order valence-corrected chi connectivity index (χ2v) is 8.04. The molecule has 1 aliphatic rings. The number of ketones is 1. The molecule has 1 saturated carbocycles. The van der Waals surface area contributed by atoms with Crippen LogP contribution in [0, 0.1) is 23.7 Å². The highest BCUT2D eigenvalue weighted by molar-refractivity contribution is 5.83. The van der Waals surface area contributed by atoms with Crippen LogP contribution in [0.15, 0.2) is 0 Å².